The average Bonchev–Trinajstić information content (AvgIpc) is 1.81. The van der Waals surface area contributed by atoms with Gasteiger partial charge < -0.3 is 10.4 Å². The molecule has 0 rings (SSSR count). The van der Waals surface area contributed by atoms with Gasteiger partial charge in [0.2, 0.25) is 0 Å². The number of aliphatic hydroxyl groups is 1. The minimum atomic E-state index is -0.720. The maximum absolute atomic E-state index is 9.77. The molecule has 0 bridgehead atoms. The van der Waals surface area contributed by atoms with Gasteiger partial charge in [-0.25, -0.2) is 0 Å². The molecule has 0 aliphatic heterocycles. The molecule has 72 valence electrons. The molecule has 0 saturated carbocycles. The second-order valence-electron chi connectivity index (χ2n) is 4.49. The Kier molecular flexibility index (Phi) is 3.48. The minimum absolute atomic E-state index is 0.286. The first-order chi connectivity index (χ1) is 5.17. The van der Waals surface area contributed by atoms with E-state index < -0.39 is 5.60 Å². The van der Waals surface area contributed by atoms with Crippen LogP contribution in [0.3, 0.4) is 0 Å². The van der Waals surface area contributed by atoms with Gasteiger partial charge in [-0.3, -0.25) is 0 Å². The van der Waals surface area contributed by atoms with E-state index in [1.807, 2.05) is 20.8 Å². The highest BCUT2D eigenvalue weighted by Crippen LogP contribution is 2.20. The van der Waals surface area contributed by atoms with E-state index in [0.717, 1.165) is 12.1 Å². The van der Waals surface area contributed by atoms with E-state index in [1.165, 1.54) is 0 Å². The maximum Gasteiger partial charge on any atom is 0.0767 e. The second kappa shape index (κ2) is 3.58. The summed E-state index contributed by atoms with van der Waals surface area (Å²) in [5.74, 6) is 0. The van der Waals surface area contributed by atoms with Crippen molar-refractivity contribution in [1.82, 2.24) is 5.32 Å². The van der Waals surface area contributed by atoms with Gasteiger partial charge in [0, 0.05) is 12.1 Å². The molecule has 0 heterocycles. The molecule has 0 aliphatic rings. The number of rotatable bonds is 4. The van der Waals surface area contributed by atoms with Gasteiger partial charge in [-0.1, -0.05) is 12.2 Å². The van der Waals surface area contributed by atoms with Crippen LogP contribution >= 0.6 is 0 Å². The van der Waals surface area contributed by atoms with Crippen LogP contribution in [0, 0.1) is 0 Å². The molecule has 0 fully saturated rings. The second-order valence-corrected chi connectivity index (χ2v) is 4.49. The lowest BCUT2D eigenvalue weighted by atomic mass is 9.86. The monoisotopic (exact) mass is 171 g/mol. The third-order valence-electron chi connectivity index (χ3n) is 2.36. The van der Waals surface area contributed by atoms with Crippen LogP contribution in [0.1, 0.15) is 34.6 Å². The van der Waals surface area contributed by atoms with E-state index in [9.17, 15) is 5.11 Å². The van der Waals surface area contributed by atoms with Crippen LogP contribution in [0.25, 0.3) is 0 Å². The van der Waals surface area contributed by atoms with Gasteiger partial charge in [0.1, 0.15) is 0 Å². The van der Waals surface area contributed by atoms with Crippen molar-refractivity contribution >= 4 is 0 Å². The Morgan fingerprint density at radius 2 is 1.75 bits per heavy atom. The highest BCUT2D eigenvalue weighted by Gasteiger charge is 2.33. The Balaban J connectivity index is 4.14. The summed E-state index contributed by atoms with van der Waals surface area (Å²) in [7, 11) is 0. The lowest BCUT2D eigenvalue weighted by molar-refractivity contribution is -0.00301. The first kappa shape index (κ1) is 11.7. The molecule has 0 aromatic rings. The molecule has 0 aromatic heterocycles. The summed E-state index contributed by atoms with van der Waals surface area (Å²) in [4.78, 5) is 0. The molecule has 0 saturated heterocycles. The van der Waals surface area contributed by atoms with Crippen molar-refractivity contribution in [3.63, 3.8) is 0 Å². The van der Waals surface area contributed by atoms with E-state index in [-0.39, 0.29) is 5.54 Å². The van der Waals surface area contributed by atoms with Gasteiger partial charge in [0.15, 0.2) is 0 Å². The van der Waals surface area contributed by atoms with Gasteiger partial charge in [0.05, 0.1) is 5.60 Å². The van der Waals surface area contributed by atoms with Crippen LogP contribution in [-0.2, 0) is 0 Å². The summed E-state index contributed by atoms with van der Waals surface area (Å²) in [6.45, 7) is 14.1. The molecule has 0 aliphatic carbocycles. The van der Waals surface area contributed by atoms with Crippen LogP contribution in [0.15, 0.2) is 12.2 Å². The fourth-order valence-electron chi connectivity index (χ4n) is 0.588. The van der Waals surface area contributed by atoms with Crippen molar-refractivity contribution < 1.29 is 5.11 Å². The van der Waals surface area contributed by atoms with Crippen molar-refractivity contribution in [3.8, 4) is 0 Å². The van der Waals surface area contributed by atoms with Gasteiger partial charge in [0.25, 0.3) is 0 Å². The summed E-state index contributed by atoms with van der Waals surface area (Å²) < 4.78 is 0. The van der Waals surface area contributed by atoms with Gasteiger partial charge in [-0.2, -0.15) is 0 Å². The van der Waals surface area contributed by atoms with Crippen molar-refractivity contribution in [3.05, 3.63) is 12.2 Å². The van der Waals surface area contributed by atoms with Crippen molar-refractivity contribution in [1.29, 1.82) is 0 Å². The van der Waals surface area contributed by atoms with Crippen molar-refractivity contribution in [2.75, 3.05) is 6.54 Å². The Morgan fingerprint density at radius 3 is 2.00 bits per heavy atom. The molecular weight excluding hydrogens is 150 g/mol. The normalized spacial score (nSPS) is 13.2. The average molecular weight is 171 g/mol. The third kappa shape index (κ3) is 3.37. The van der Waals surface area contributed by atoms with Crippen molar-refractivity contribution in [2.45, 2.75) is 45.8 Å². The van der Waals surface area contributed by atoms with Gasteiger partial charge in [-0.05, 0) is 34.6 Å². The topological polar surface area (TPSA) is 32.3 Å². The van der Waals surface area contributed by atoms with Crippen LogP contribution in [0.2, 0.25) is 0 Å². The first-order valence-electron chi connectivity index (χ1n) is 4.28. The van der Waals surface area contributed by atoms with Crippen LogP contribution in [0.4, 0.5) is 0 Å². The minimum Gasteiger partial charge on any atom is -0.389 e. The predicted octanol–water partition coefficient (Wildman–Crippen LogP) is 1.70. The summed E-state index contributed by atoms with van der Waals surface area (Å²) in [5, 5.41) is 13.0. The summed E-state index contributed by atoms with van der Waals surface area (Å²) in [6, 6.07) is 0. The molecule has 2 heteroatoms. The number of hydrogen-bond acceptors (Lipinski definition) is 2. The first-order valence-corrected chi connectivity index (χ1v) is 4.28. The van der Waals surface area contributed by atoms with Crippen LogP contribution < -0.4 is 5.32 Å². The molecule has 0 amide bonds. The van der Waals surface area contributed by atoms with E-state index in [2.05, 4.69) is 11.9 Å². The lowest BCUT2D eigenvalue weighted by Crippen LogP contribution is -2.56. The quantitative estimate of drug-likeness (QED) is 0.631. The number of nitrogens with one attached hydrogen (secondary N) is 1. The Hall–Kier alpha value is -0.340. The molecule has 2 N–H and O–H groups in total. The van der Waals surface area contributed by atoms with Crippen LogP contribution in [-0.4, -0.2) is 22.8 Å². The molecule has 0 atom stereocenters. The predicted molar refractivity (Wildman–Crippen MR) is 53.2 cm³/mol. The fraction of sp³-hybridized carbons (Fsp3) is 0.800. The summed E-state index contributed by atoms with van der Waals surface area (Å²) in [6.07, 6.45) is 0. The molecule has 0 radical (unpaired) electrons. The lowest BCUT2D eigenvalue weighted by Gasteiger charge is -2.38. The molecule has 12 heavy (non-hydrogen) atoms. The third-order valence-corrected chi connectivity index (χ3v) is 2.36. The molecule has 0 aromatic carbocycles. The Labute approximate surface area is 75.7 Å². The van der Waals surface area contributed by atoms with E-state index in [4.69, 9.17) is 0 Å². The molecule has 0 spiro atoms. The summed E-state index contributed by atoms with van der Waals surface area (Å²) in [5.41, 5.74) is 0.0707. The SMILES string of the molecule is C=C(C)CNC(C)(C)C(C)(C)O. The van der Waals surface area contributed by atoms with E-state index >= 15 is 0 Å². The molecular formula is C10H21NO. The Bertz CT molecular complexity index is 165. The zero-order valence-corrected chi connectivity index (χ0v) is 8.86. The zero-order valence-electron chi connectivity index (χ0n) is 8.86. The molecule has 2 nitrogen and oxygen atoms in total. The highest BCUT2D eigenvalue weighted by atomic mass is 16.3. The van der Waals surface area contributed by atoms with Crippen molar-refractivity contribution in [2.24, 2.45) is 0 Å². The fourth-order valence-corrected chi connectivity index (χ4v) is 0.588. The zero-order chi connectivity index (χ0) is 9.99. The van der Waals surface area contributed by atoms with Gasteiger partial charge >= 0.3 is 0 Å². The van der Waals surface area contributed by atoms with E-state index in [0.29, 0.717) is 0 Å². The van der Waals surface area contributed by atoms with E-state index in [1.54, 1.807) is 13.8 Å². The maximum atomic E-state index is 9.77. The highest BCUT2D eigenvalue weighted by molar-refractivity contribution is 4.99. The smallest absolute Gasteiger partial charge is 0.0767 e. The van der Waals surface area contributed by atoms with Crippen LogP contribution in [0.5, 0.6) is 0 Å². The molecule has 0 unspecified atom stereocenters. The number of hydrogen-bond donors (Lipinski definition) is 2. The Morgan fingerprint density at radius 1 is 1.33 bits per heavy atom. The standard InChI is InChI=1S/C10H21NO/c1-8(2)7-11-9(3,4)10(5,6)12/h11-12H,1,7H2,2-6H3. The largest absolute Gasteiger partial charge is 0.389 e. The summed E-state index contributed by atoms with van der Waals surface area (Å²) >= 11 is 0. The van der Waals surface area contributed by atoms with Gasteiger partial charge in [-0.15, -0.1) is 0 Å².